The summed E-state index contributed by atoms with van der Waals surface area (Å²) in [7, 11) is 0. The first-order valence-electron chi connectivity index (χ1n) is 3.46. The van der Waals surface area contributed by atoms with Crippen LogP contribution in [-0.2, 0) is 9.53 Å². The Morgan fingerprint density at radius 2 is 2.27 bits per heavy atom. The van der Waals surface area contributed by atoms with Gasteiger partial charge in [-0.25, -0.2) is 0 Å². The van der Waals surface area contributed by atoms with E-state index in [0.29, 0.717) is 0 Å². The molecule has 0 rings (SSSR count). The molecule has 3 N–H and O–H groups in total. The van der Waals surface area contributed by atoms with Crippen molar-refractivity contribution < 1.29 is 14.6 Å². The zero-order valence-corrected chi connectivity index (χ0v) is 7.13. The van der Waals surface area contributed by atoms with Crippen molar-refractivity contribution in [2.75, 3.05) is 6.61 Å². The molecule has 0 aromatic heterocycles. The van der Waals surface area contributed by atoms with Crippen LogP contribution >= 0.6 is 0 Å². The van der Waals surface area contributed by atoms with Crippen molar-refractivity contribution in [2.24, 2.45) is 5.73 Å². The molecule has 0 aromatic rings. The summed E-state index contributed by atoms with van der Waals surface area (Å²) in [5.74, 6) is -0.387. The minimum absolute atomic E-state index is 0.0417. The molecule has 0 aliphatic heterocycles. The Labute approximate surface area is 66.3 Å². The molecule has 4 nitrogen and oxygen atoms in total. The van der Waals surface area contributed by atoms with Crippen LogP contribution in [-0.4, -0.2) is 29.3 Å². The van der Waals surface area contributed by atoms with E-state index in [9.17, 15) is 4.79 Å². The minimum Gasteiger partial charge on any atom is -0.464 e. The highest BCUT2D eigenvalue weighted by atomic mass is 16.5. The molecule has 0 saturated heterocycles. The molecule has 4 heteroatoms. The van der Waals surface area contributed by atoms with Crippen molar-refractivity contribution >= 4 is 5.97 Å². The molecule has 0 radical (unpaired) electrons. The van der Waals surface area contributed by atoms with Crippen LogP contribution in [0.15, 0.2) is 0 Å². The van der Waals surface area contributed by atoms with Crippen LogP contribution in [0.25, 0.3) is 0 Å². The fraction of sp³-hybridized carbons (Fsp3) is 0.857. The number of aliphatic hydroxyl groups is 1. The van der Waals surface area contributed by atoms with Crippen LogP contribution in [0.2, 0.25) is 0 Å². The maximum atomic E-state index is 10.4. The molecule has 0 aromatic carbocycles. The van der Waals surface area contributed by atoms with Crippen LogP contribution in [0.3, 0.4) is 0 Å². The third-order valence-electron chi connectivity index (χ3n) is 1.54. The van der Waals surface area contributed by atoms with E-state index >= 15 is 0 Å². The third kappa shape index (κ3) is 3.95. The summed E-state index contributed by atoms with van der Waals surface area (Å²) >= 11 is 0. The predicted molar refractivity (Wildman–Crippen MR) is 40.9 cm³/mol. The Hall–Kier alpha value is -0.610. The highest BCUT2D eigenvalue weighted by molar-refractivity contribution is 5.65. The Balaban J connectivity index is 3.82. The highest BCUT2D eigenvalue weighted by Gasteiger charge is 2.25. The third-order valence-corrected chi connectivity index (χ3v) is 1.54. The first-order valence-corrected chi connectivity index (χ1v) is 3.46. The largest absolute Gasteiger partial charge is 0.464 e. The molecule has 0 bridgehead atoms. The number of hydrogen-bond acceptors (Lipinski definition) is 4. The lowest BCUT2D eigenvalue weighted by Crippen LogP contribution is -2.50. The van der Waals surface area contributed by atoms with Gasteiger partial charge in [-0.2, -0.15) is 0 Å². The number of esters is 1. The van der Waals surface area contributed by atoms with E-state index in [1.165, 1.54) is 6.92 Å². The molecule has 11 heavy (non-hydrogen) atoms. The second-order valence-electron chi connectivity index (χ2n) is 2.96. The van der Waals surface area contributed by atoms with E-state index in [1.807, 2.05) is 0 Å². The number of nitrogens with two attached hydrogens (primary N) is 1. The molecule has 0 aliphatic rings. The summed E-state index contributed by atoms with van der Waals surface area (Å²) in [4.78, 5) is 10.4. The van der Waals surface area contributed by atoms with Gasteiger partial charge in [0.15, 0.2) is 0 Å². The average molecular weight is 161 g/mol. The van der Waals surface area contributed by atoms with Gasteiger partial charge in [0.1, 0.15) is 6.61 Å². The van der Waals surface area contributed by atoms with Crippen molar-refractivity contribution in [1.82, 2.24) is 0 Å². The predicted octanol–water partition coefficient (Wildman–Crippen LogP) is -0.352. The van der Waals surface area contributed by atoms with Gasteiger partial charge in [-0.1, -0.05) is 0 Å². The Bertz CT molecular complexity index is 143. The lowest BCUT2D eigenvalue weighted by atomic mass is 9.99. The van der Waals surface area contributed by atoms with E-state index in [4.69, 9.17) is 10.8 Å². The van der Waals surface area contributed by atoms with Crippen molar-refractivity contribution in [3.8, 4) is 0 Å². The second kappa shape index (κ2) is 3.69. The number of rotatable bonds is 3. The van der Waals surface area contributed by atoms with Crippen molar-refractivity contribution in [1.29, 1.82) is 0 Å². The van der Waals surface area contributed by atoms with Gasteiger partial charge in [-0.15, -0.1) is 0 Å². The normalized spacial score (nSPS) is 18.6. The monoisotopic (exact) mass is 161 g/mol. The number of carbonyl (C=O) groups excluding carboxylic acids is 1. The van der Waals surface area contributed by atoms with E-state index in [0.717, 1.165) is 0 Å². The standard InChI is InChI=1S/C7H15NO3/c1-5(9)7(3,8)4-11-6(2)10/h5,9H,4,8H2,1-3H3/t5-,7+/m0/s1. The van der Waals surface area contributed by atoms with Gasteiger partial charge in [0, 0.05) is 6.92 Å². The Morgan fingerprint density at radius 1 is 1.82 bits per heavy atom. The molecule has 0 fully saturated rings. The molecule has 0 aliphatic carbocycles. The quantitative estimate of drug-likeness (QED) is 0.555. The number of ether oxygens (including phenoxy) is 1. The topological polar surface area (TPSA) is 72.5 Å². The SMILES string of the molecule is CC(=O)OC[C@@](C)(N)[C@H](C)O. The fourth-order valence-corrected chi connectivity index (χ4v) is 0.378. The molecular weight excluding hydrogens is 146 g/mol. The van der Waals surface area contributed by atoms with Crippen molar-refractivity contribution in [3.63, 3.8) is 0 Å². The summed E-state index contributed by atoms with van der Waals surface area (Å²) < 4.78 is 4.64. The molecule has 0 spiro atoms. The number of carbonyl (C=O) groups is 1. The van der Waals surface area contributed by atoms with Gasteiger partial charge < -0.3 is 15.6 Å². The van der Waals surface area contributed by atoms with Gasteiger partial charge in [0.05, 0.1) is 11.6 Å². The van der Waals surface area contributed by atoms with Gasteiger partial charge in [0.2, 0.25) is 0 Å². The van der Waals surface area contributed by atoms with Gasteiger partial charge >= 0.3 is 5.97 Å². The lowest BCUT2D eigenvalue weighted by Gasteiger charge is -2.26. The van der Waals surface area contributed by atoms with E-state index < -0.39 is 11.6 Å². The van der Waals surface area contributed by atoms with Crippen LogP contribution < -0.4 is 5.73 Å². The number of hydrogen-bond donors (Lipinski definition) is 2. The van der Waals surface area contributed by atoms with Crippen molar-refractivity contribution in [3.05, 3.63) is 0 Å². The van der Waals surface area contributed by atoms with Crippen LogP contribution in [0.1, 0.15) is 20.8 Å². The van der Waals surface area contributed by atoms with Gasteiger partial charge in [0.25, 0.3) is 0 Å². The first kappa shape index (κ1) is 10.4. The van der Waals surface area contributed by atoms with Crippen LogP contribution in [0.5, 0.6) is 0 Å². The molecule has 2 atom stereocenters. The summed E-state index contributed by atoms with van der Waals surface area (Å²) in [6, 6.07) is 0. The summed E-state index contributed by atoms with van der Waals surface area (Å²) in [5, 5.41) is 9.08. The Morgan fingerprint density at radius 3 is 2.55 bits per heavy atom. The first-order chi connectivity index (χ1) is 4.86. The molecule has 0 amide bonds. The molecule has 0 heterocycles. The maximum Gasteiger partial charge on any atom is 0.302 e. The smallest absolute Gasteiger partial charge is 0.302 e. The minimum atomic E-state index is -0.855. The second-order valence-corrected chi connectivity index (χ2v) is 2.96. The van der Waals surface area contributed by atoms with Gasteiger partial charge in [-0.3, -0.25) is 4.79 Å². The van der Waals surface area contributed by atoms with Crippen molar-refractivity contribution in [2.45, 2.75) is 32.4 Å². The lowest BCUT2D eigenvalue weighted by molar-refractivity contribution is -0.143. The maximum absolute atomic E-state index is 10.4. The van der Waals surface area contributed by atoms with Crippen LogP contribution in [0, 0.1) is 0 Å². The van der Waals surface area contributed by atoms with E-state index in [2.05, 4.69) is 4.74 Å². The molecular formula is C7H15NO3. The van der Waals surface area contributed by atoms with E-state index in [-0.39, 0.29) is 12.6 Å². The summed E-state index contributed by atoms with van der Waals surface area (Å²) in [6.07, 6.45) is -0.693. The molecule has 0 unspecified atom stereocenters. The fourth-order valence-electron chi connectivity index (χ4n) is 0.378. The summed E-state index contributed by atoms with van der Waals surface area (Å²) in [5.41, 5.74) is 4.73. The van der Waals surface area contributed by atoms with Gasteiger partial charge in [-0.05, 0) is 13.8 Å². The van der Waals surface area contributed by atoms with Crippen LogP contribution in [0.4, 0.5) is 0 Å². The Kier molecular flexibility index (Phi) is 3.48. The van der Waals surface area contributed by atoms with E-state index in [1.54, 1.807) is 13.8 Å². The highest BCUT2D eigenvalue weighted by Crippen LogP contribution is 2.05. The molecule has 0 saturated carbocycles. The zero-order chi connectivity index (χ0) is 9.07. The zero-order valence-electron chi connectivity index (χ0n) is 7.13. The molecule has 66 valence electrons. The summed E-state index contributed by atoms with van der Waals surface area (Å²) in [6.45, 7) is 4.53. The average Bonchev–Trinajstić information content (AvgIpc) is 1.84. The number of aliphatic hydroxyl groups excluding tert-OH is 1.